The van der Waals surface area contributed by atoms with Gasteiger partial charge in [-0.15, -0.1) is 0 Å². The average molecular weight is 211 g/mol. The maximum absolute atomic E-state index is 10.1. The third kappa shape index (κ3) is 12.6. The minimum absolute atomic E-state index is 0.0810. The van der Waals surface area contributed by atoms with E-state index in [4.69, 9.17) is 5.11 Å². The summed E-state index contributed by atoms with van der Waals surface area (Å²) in [5.41, 5.74) is 0.0810. The van der Waals surface area contributed by atoms with Gasteiger partial charge in [0.15, 0.2) is 0 Å². The molecule has 0 atom stereocenters. The van der Waals surface area contributed by atoms with Crippen LogP contribution in [0.4, 0.5) is 0 Å². The molecule has 1 N–H and O–H groups in total. The van der Waals surface area contributed by atoms with E-state index in [-0.39, 0.29) is 5.69 Å². The Hall–Kier alpha value is -1.38. The highest BCUT2D eigenvalue weighted by Crippen LogP contribution is 1.90. The number of pyridine rings is 1. The van der Waals surface area contributed by atoms with Crippen LogP contribution in [0.1, 0.15) is 45.1 Å². The molecule has 0 saturated carbocycles. The molecule has 0 radical (unpaired) electrons. The van der Waals surface area contributed by atoms with Crippen LogP contribution in [0.15, 0.2) is 24.4 Å². The molecule has 1 heterocycles. The molecular weight excluding hydrogens is 190 g/mol. The van der Waals surface area contributed by atoms with E-state index in [1.165, 1.54) is 12.3 Å². The van der Waals surface area contributed by atoms with Crippen LogP contribution in [0, 0.1) is 5.92 Å². The number of aromatic carboxylic acids is 1. The lowest BCUT2D eigenvalue weighted by atomic mass is 10.3. The zero-order valence-corrected chi connectivity index (χ0v) is 10.2. The molecule has 0 aliphatic heterocycles. The van der Waals surface area contributed by atoms with E-state index >= 15 is 0 Å². The fraction of sp³-hybridized carbons (Fsp3) is 0.500. The van der Waals surface area contributed by atoms with E-state index in [1.807, 2.05) is 13.8 Å². The van der Waals surface area contributed by atoms with Crippen molar-refractivity contribution >= 4 is 5.97 Å². The molecule has 0 spiro atoms. The molecule has 0 saturated heterocycles. The largest absolute Gasteiger partial charge is 0.477 e. The molecule has 1 rings (SSSR count). The van der Waals surface area contributed by atoms with Gasteiger partial charge in [0, 0.05) is 6.20 Å². The average Bonchev–Trinajstić information content (AvgIpc) is 2.21. The zero-order valence-electron chi connectivity index (χ0n) is 10.2. The molecule has 0 aliphatic carbocycles. The maximum Gasteiger partial charge on any atom is 0.354 e. The van der Waals surface area contributed by atoms with Crippen LogP contribution < -0.4 is 0 Å². The van der Waals surface area contributed by atoms with Crippen molar-refractivity contribution in [1.82, 2.24) is 4.98 Å². The SMILES string of the molecule is CC.CC(C)C.O=C(O)c1ccccn1. The predicted octanol–water partition coefficient (Wildman–Crippen LogP) is 3.47. The van der Waals surface area contributed by atoms with Crippen molar-refractivity contribution in [3.63, 3.8) is 0 Å². The Balaban J connectivity index is 0. The summed E-state index contributed by atoms with van der Waals surface area (Å²) in [5.74, 6) is -0.157. The summed E-state index contributed by atoms with van der Waals surface area (Å²) >= 11 is 0. The van der Waals surface area contributed by atoms with Crippen molar-refractivity contribution in [2.75, 3.05) is 0 Å². The number of rotatable bonds is 1. The molecule has 3 nitrogen and oxygen atoms in total. The number of hydrogen-bond acceptors (Lipinski definition) is 2. The fourth-order valence-corrected chi connectivity index (χ4v) is 0.489. The van der Waals surface area contributed by atoms with Crippen LogP contribution >= 0.6 is 0 Å². The normalized spacial score (nSPS) is 8.13. The van der Waals surface area contributed by atoms with Gasteiger partial charge in [0.2, 0.25) is 0 Å². The summed E-state index contributed by atoms with van der Waals surface area (Å²) in [4.78, 5) is 13.7. The first-order valence-corrected chi connectivity index (χ1v) is 5.18. The predicted molar refractivity (Wildman–Crippen MR) is 63.1 cm³/mol. The van der Waals surface area contributed by atoms with Gasteiger partial charge in [-0.1, -0.05) is 40.7 Å². The van der Waals surface area contributed by atoms with Crippen molar-refractivity contribution in [2.45, 2.75) is 34.6 Å². The highest BCUT2D eigenvalue weighted by molar-refractivity contribution is 5.85. The van der Waals surface area contributed by atoms with Crippen molar-refractivity contribution < 1.29 is 9.90 Å². The quantitative estimate of drug-likeness (QED) is 0.773. The molecule has 1 aromatic heterocycles. The summed E-state index contributed by atoms with van der Waals surface area (Å²) < 4.78 is 0. The van der Waals surface area contributed by atoms with Crippen LogP contribution in [0.3, 0.4) is 0 Å². The smallest absolute Gasteiger partial charge is 0.354 e. The van der Waals surface area contributed by atoms with Gasteiger partial charge in [0.25, 0.3) is 0 Å². The number of carboxylic acids is 1. The summed E-state index contributed by atoms with van der Waals surface area (Å²) in [7, 11) is 0. The number of nitrogens with zero attached hydrogens (tertiary/aromatic N) is 1. The van der Waals surface area contributed by atoms with Crippen LogP contribution in [0.2, 0.25) is 0 Å². The first kappa shape index (κ1) is 16.1. The first-order valence-electron chi connectivity index (χ1n) is 5.18. The number of hydrogen-bond donors (Lipinski definition) is 1. The van der Waals surface area contributed by atoms with E-state index in [0.717, 1.165) is 5.92 Å². The second-order valence-electron chi connectivity index (χ2n) is 3.25. The van der Waals surface area contributed by atoms with Gasteiger partial charge in [0.1, 0.15) is 5.69 Å². The van der Waals surface area contributed by atoms with E-state index < -0.39 is 5.97 Å². The van der Waals surface area contributed by atoms with Crippen molar-refractivity contribution in [3.05, 3.63) is 30.1 Å². The summed E-state index contributed by atoms with van der Waals surface area (Å²) in [6, 6.07) is 4.76. The second kappa shape index (κ2) is 10.7. The summed E-state index contributed by atoms with van der Waals surface area (Å²) in [5, 5.41) is 8.32. The molecule has 0 amide bonds. The fourth-order valence-electron chi connectivity index (χ4n) is 0.489. The molecule has 1 aromatic rings. The molecule has 15 heavy (non-hydrogen) atoms. The van der Waals surface area contributed by atoms with Gasteiger partial charge in [-0.3, -0.25) is 0 Å². The Kier molecular flexibility index (Phi) is 11.5. The summed E-state index contributed by atoms with van der Waals surface area (Å²) in [6.07, 6.45) is 1.45. The molecule has 86 valence electrons. The number of carboxylic acid groups (broad SMARTS) is 1. The Morgan fingerprint density at radius 3 is 1.93 bits per heavy atom. The lowest BCUT2D eigenvalue weighted by molar-refractivity contribution is 0.0690. The topological polar surface area (TPSA) is 50.2 Å². The molecule has 0 fully saturated rings. The minimum atomic E-state index is -0.990. The third-order valence-corrected chi connectivity index (χ3v) is 0.884. The maximum atomic E-state index is 10.1. The minimum Gasteiger partial charge on any atom is -0.477 e. The monoisotopic (exact) mass is 211 g/mol. The lowest BCUT2D eigenvalue weighted by Gasteiger charge is -1.87. The molecule has 0 aliphatic rings. The van der Waals surface area contributed by atoms with Crippen molar-refractivity contribution in [1.29, 1.82) is 0 Å². The van der Waals surface area contributed by atoms with Crippen LogP contribution in [0.25, 0.3) is 0 Å². The van der Waals surface area contributed by atoms with E-state index in [1.54, 1.807) is 12.1 Å². The lowest BCUT2D eigenvalue weighted by Crippen LogP contribution is -1.97. The third-order valence-electron chi connectivity index (χ3n) is 0.884. The Bertz CT molecular complexity index is 242. The standard InChI is InChI=1S/C6H5NO2.C4H10.C2H6/c8-6(9)5-3-1-2-4-7-5;1-4(2)3;1-2/h1-4H,(H,8,9);4H,1-3H3;1-2H3. The molecular formula is C12H21NO2. The zero-order chi connectivity index (χ0) is 12.3. The summed E-state index contributed by atoms with van der Waals surface area (Å²) in [6.45, 7) is 10.5. The van der Waals surface area contributed by atoms with Gasteiger partial charge >= 0.3 is 5.97 Å². The molecule has 0 bridgehead atoms. The molecule has 0 aromatic carbocycles. The van der Waals surface area contributed by atoms with Crippen molar-refractivity contribution in [2.24, 2.45) is 5.92 Å². The number of aromatic nitrogens is 1. The molecule has 0 unspecified atom stereocenters. The van der Waals surface area contributed by atoms with Gasteiger partial charge in [-0.2, -0.15) is 0 Å². The van der Waals surface area contributed by atoms with Gasteiger partial charge < -0.3 is 5.11 Å². The Morgan fingerprint density at radius 1 is 1.27 bits per heavy atom. The highest BCUT2D eigenvalue weighted by atomic mass is 16.4. The van der Waals surface area contributed by atoms with Gasteiger partial charge in [-0.25, -0.2) is 9.78 Å². The van der Waals surface area contributed by atoms with Crippen LogP contribution in [0.5, 0.6) is 0 Å². The van der Waals surface area contributed by atoms with E-state index in [9.17, 15) is 4.79 Å². The Morgan fingerprint density at radius 2 is 1.73 bits per heavy atom. The first-order chi connectivity index (χ1) is 7.04. The molecule has 3 heteroatoms. The van der Waals surface area contributed by atoms with Crippen LogP contribution in [-0.4, -0.2) is 16.1 Å². The van der Waals surface area contributed by atoms with Gasteiger partial charge in [-0.05, 0) is 18.1 Å². The Labute approximate surface area is 92.2 Å². The number of carbonyl (C=O) groups is 1. The van der Waals surface area contributed by atoms with E-state index in [2.05, 4.69) is 25.8 Å². The second-order valence-corrected chi connectivity index (χ2v) is 3.25. The van der Waals surface area contributed by atoms with Gasteiger partial charge in [0.05, 0.1) is 0 Å². The van der Waals surface area contributed by atoms with E-state index in [0.29, 0.717) is 0 Å². The highest BCUT2D eigenvalue weighted by Gasteiger charge is 1.98. The van der Waals surface area contributed by atoms with Crippen molar-refractivity contribution in [3.8, 4) is 0 Å². The van der Waals surface area contributed by atoms with Crippen LogP contribution in [-0.2, 0) is 0 Å².